The van der Waals surface area contributed by atoms with Gasteiger partial charge in [0.1, 0.15) is 0 Å². The van der Waals surface area contributed by atoms with Crippen LogP contribution in [0.1, 0.15) is 72.2 Å². The lowest BCUT2D eigenvalue weighted by Crippen LogP contribution is -2.26. The molecule has 0 saturated carbocycles. The van der Waals surface area contributed by atoms with Gasteiger partial charge in [0.25, 0.3) is 0 Å². The molecule has 0 radical (unpaired) electrons. The van der Waals surface area contributed by atoms with E-state index < -0.39 is 5.41 Å². The van der Waals surface area contributed by atoms with Crippen LogP contribution in [0, 0.1) is 0 Å². The summed E-state index contributed by atoms with van der Waals surface area (Å²) in [6.07, 6.45) is 0. The average molecular weight is 766 g/mol. The van der Waals surface area contributed by atoms with E-state index in [4.69, 9.17) is 0 Å². The van der Waals surface area contributed by atoms with Crippen LogP contribution < -0.4 is 4.90 Å². The molecule has 284 valence electrons. The van der Waals surface area contributed by atoms with Gasteiger partial charge in [0.15, 0.2) is 0 Å². The molecule has 9 aromatic carbocycles. The first-order valence-electron chi connectivity index (χ1n) is 21.4. The number of benzene rings is 9. The quantitative estimate of drug-likeness (QED) is 0.173. The SMILES string of the molecule is CC1(C)c2ccccc2-c2ccc(N(c3cccc4c3-c3ccccc3C4(C)C)c3cccc4c3-c3c(ccc5ccccc35)C43c4ccccc4-c4ccccc43)cc21. The van der Waals surface area contributed by atoms with Crippen molar-refractivity contribution in [2.24, 2.45) is 0 Å². The fourth-order valence-corrected chi connectivity index (χ4v) is 12.3. The van der Waals surface area contributed by atoms with Gasteiger partial charge in [-0.2, -0.15) is 0 Å². The Morgan fingerprint density at radius 2 is 0.800 bits per heavy atom. The van der Waals surface area contributed by atoms with Gasteiger partial charge < -0.3 is 4.90 Å². The van der Waals surface area contributed by atoms with Gasteiger partial charge >= 0.3 is 0 Å². The van der Waals surface area contributed by atoms with Crippen LogP contribution >= 0.6 is 0 Å². The van der Waals surface area contributed by atoms with Crippen LogP contribution in [-0.4, -0.2) is 0 Å². The molecule has 9 aromatic rings. The molecule has 13 rings (SSSR count). The minimum Gasteiger partial charge on any atom is -0.309 e. The van der Waals surface area contributed by atoms with Gasteiger partial charge in [-0.25, -0.2) is 0 Å². The summed E-state index contributed by atoms with van der Waals surface area (Å²) >= 11 is 0. The molecule has 0 heterocycles. The van der Waals surface area contributed by atoms with Crippen molar-refractivity contribution in [1.29, 1.82) is 0 Å². The Hall–Kier alpha value is -6.96. The second-order valence-corrected chi connectivity index (χ2v) is 18.4. The van der Waals surface area contributed by atoms with E-state index in [1.807, 2.05) is 0 Å². The molecule has 0 unspecified atom stereocenters. The van der Waals surface area contributed by atoms with Crippen molar-refractivity contribution in [2.45, 2.75) is 43.9 Å². The molecular formula is C59H43N. The largest absolute Gasteiger partial charge is 0.309 e. The highest BCUT2D eigenvalue weighted by Crippen LogP contribution is 2.66. The Kier molecular flexibility index (Phi) is 6.57. The second kappa shape index (κ2) is 11.6. The molecule has 0 atom stereocenters. The molecule has 1 nitrogen and oxygen atoms in total. The summed E-state index contributed by atoms with van der Waals surface area (Å²) in [5.74, 6) is 0. The van der Waals surface area contributed by atoms with Gasteiger partial charge in [0.2, 0.25) is 0 Å². The van der Waals surface area contributed by atoms with Crippen molar-refractivity contribution in [3.05, 3.63) is 233 Å². The van der Waals surface area contributed by atoms with Crippen LogP contribution in [0.3, 0.4) is 0 Å². The molecule has 0 N–H and O–H groups in total. The summed E-state index contributed by atoms with van der Waals surface area (Å²) in [5.41, 5.74) is 24.3. The lowest BCUT2D eigenvalue weighted by atomic mass is 9.70. The third kappa shape index (κ3) is 4.03. The first-order valence-corrected chi connectivity index (χ1v) is 21.4. The van der Waals surface area contributed by atoms with Crippen molar-refractivity contribution in [3.63, 3.8) is 0 Å². The summed E-state index contributed by atoms with van der Waals surface area (Å²) < 4.78 is 0. The van der Waals surface area contributed by atoms with Gasteiger partial charge in [0, 0.05) is 27.6 Å². The van der Waals surface area contributed by atoms with E-state index in [9.17, 15) is 0 Å². The number of fused-ring (bicyclic) bond motifs is 18. The van der Waals surface area contributed by atoms with E-state index in [1.165, 1.54) is 117 Å². The highest BCUT2D eigenvalue weighted by atomic mass is 15.1. The minimum atomic E-state index is -0.474. The molecule has 1 spiro atoms. The summed E-state index contributed by atoms with van der Waals surface area (Å²) in [7, 11) is 0. The van der Waals surface area contributed by atoms with Crippen molar-refractivity contribution < 1.29 is 0 Å². The average Bonchev–Trinajstić information content (AvgIpc) is 3.92. The number of hydrogen-bond acceptors (Lipinski definition) is 1. The monoisotopic (exact) mass is 765 g/mol. The van der Waals surface area contributed by atoms with Crippen molar-refractivity contribution in [2.75, 3.05) is 4.90 Å². The van der Waals surface area contributed by atoms with Gasteiger partial charge in [-0.05, 0) is 113 Å². The predicted molar refractivity (Wildman–Crippen MR) is 250 cm³/mol. The highest BCUT2D eigenvalue weighted by Gasteiger charge is 2.53. The van der Waals surface area contributed by atoms with Crippen LogP contribution in [0.4, 0.5) is 17.1 Å². The lowest BCUT2D eigenvalue weighted by Gasteiger charge is -2.33. The molecule has 4 aliphatic carbocycles. The second-order valence-electron chi connectivity index (χ2n) is 18.4. The molecule has 0 fully saturated rings. The first kappa shape index (κ1) is 34.0. The molecule has 1 heteroatoms. The smallest absolute Gasteiger partial charge is 0.0726 e. The topological polar surface area (TPSA) is 3.24 Å². The van der Waals surface area contributed by atoms with Crippen molar-refractivity contribution >= 4 is 27.8 Å². The molecule has 0 amide bonds. The summed E-state index contributed by atoms with van der Waals surface area (Å²) in [6.45, 7) is 9.57. The lowest BCUT2D eigenvalue weighted by molar-refractivity contribution is 0.660. The standard InChI is InChI=1S/C59H43N/c1-57(2)45-24-12-10-22-43(45)54-48(57)27-15-29-52(54)60(37-32-33-42-39-19-7-11-23-44(39)58(3,4)51(42)35-37)53-30-16-28-49-56(53)55-38-18-6-5-17-36(38)31-34-50(55)59(49)46-25-13-8-20-40(46)41-21-9-14-26-47(41)59/h5-35H,1-4H3. The Morgan fingerprint density at radius 1 is 0.317 bits per heavy atom. The zero-order valence-electron chi connectivity index (χ0n) is 34.3. The fourth-order valence-electron chi connectivity index (χ4n) is 12.3. The summed E-state index contributed by atoms with van der Waals surface area (Å²) in [6, 6.07) is 71.7. The van der Waals surface area contributed by atoms with E-state index in [-0.39, 0.29) is 10.8 Å². The van der Waals surface area contributed by atoms with Crippen LogP contribution in [0.2, 0.25) is 0 Å². The van der Waals surface area contributed by atoms with Gasteiger partial charge in [-0.1, -0.05) is 191 Å². The van der Waals surface area contributed by atoms with E-state index in [0.717, 1.165) is 0 Å². The number of nitrogens with zero attached hydrogens (tertiary/aromatic N) is 1. The molecule has 0 aliphatic heterocycles. The van der Waals surface area contributed by atoms with Crippen molar-refractivity contribution in [1.82, 2.24) is 0 Å². The Balaban J connectivity index is 1.18. The summed E-state index contributed by atoms with van der Waals surface area (Å²) in [4.78, 5) is 2.63. The maximum absolute atomic E-state index is 2.63. The molecule has 4 aliphatic rings. The molecule has 0 aromatic heterocycles. The molecule has 0 bridgehead atoms. The Labute approximate surface area is 352 Å². The maximum atomic E-state index is 2.63. The van der Waals surface area contributed by atoms with Crippen LogP contribution in [0.25, 0.3) is 55.3 Å². The van der Waals surface area contributed by atoms with Gasteiger partial charge in [-0.3, -0.25) is 0 Å². The van der Waals surface area contributed by atoms with Crippen molar-refractivity contribution in [3.8, 4) is 44.5 Å². The minimum absolute atomic E-state index is 0.141. The highest BCUT2D eigenvalue weighted by molar-refractivity contribution is 6.11. The van der Waals surface area contributed by atoms with Crippen LogP contribution in [0.5, 0.6) is 0 Å². The number of rotatable bonds is 3. The van der Waals surface area contributed by atoms with E-state index in [0.29, 0.717) is 0 Å². The summed E-state index contributed by atoms with van der Waals surface area (Å²) in [5, 5.41) is 2.55. The molecule has 0 saturated heterocycles. The van der Waals surface area contributed by atoms with E-state index in [1.54, 1.807) is 0 Å². The van der Waals surface area contributed by atoms with Crippen LogP contribution in [0.15, 0.2) is 188 Å². The third-order valence-corrected chi connectivity index (χ3v) is 14.9. The number of hydrogen-bond donors (Lipinski definition) is 0. The van der Waals surface area contributed by atoms with Crippen LogP contribution in [-0.2, 0) is 16.2 Å². The molecule has 60 heavy (non-hydrogen) atoms. The fraction of sp³-hybridized carbons (Fsp3) is 0.119. The normalized spacial score (nSPS) is 15.7. The zero-order valence-corrected chi connectivity index (χ0v) is 34.3. The molecular weight excluding hydrogens is 723 g/mol. The third-order valence-electron chi connectivity index (χ3n) is 14.9. The Bertz CT molecular complexity index is 3290. The van der Waals surface area contributed by atoms with Gasteiger partial charge in [0.05, 0.1) is 16.8 Å². The number of anilines is 3. The van der Waals surface area contributed by atoms with E-state index >= 15 is 0 Å². The van der Waals surface area contributed by atoms with Gasteiger partial charge in [-0.15, -0.1) is 0 Å². The zero-order chi connectivity index (χ0) is 40.1. The predicted octanol–water partition coefficient (Wildman–Crippen LogP) is 15.3. The van der Waals surface area contributed by atoms with E-state index in [2.05, 4.69) is 221 Å². The Morgan fingerprint density at radius 3 is 1.50 bits per heavy atom. The first-order chi connectivity index (χ1) is 29.3. The maximum Gasteiger partial charge on any atom is 0.0726 e.